The molecule has 0 bridgehead atoms. The van der Waals surface area contributed by atoms with Gasteiger partial charge in [-0.1, -0.05) is 7.43 Å². The first kappa shape index (κ1) is 11.9. The second kappa shape index (κ2) is 5.07. The first-order valence-corrected chi connectivity index (χ1v) is 7.23. The standard InChI is InChI=1S/2C6H7.CH4.Zr/c2*1-6-4-2-3-5-6;;/h2*2,4H,3H2,1H3;1H4;. The summed E-state index contributed by atoms with van der Waals surface area (Å²) in [6, 6.07) is 0. The molecule has 0 spiro atoms. The van der Waals surface area contributed by atoms with Crippen LogP contribution >= 0.6 is 0 Å². The van der Waals surface area contributed by atoms with Crippen LogP contribution in [0.25, 0.3) is 0 Å². The first-order valence-electron chi connectivity index (χ1n) is 4.77. The summed E-state index contributed by atoms with van der Waals surface area (Å²) in [5, 5.41) is 0. The van der Waals surface area contributed by atoms with Crippen LogP contribution in [0.15, 0.2) is 42.0 Å². The molecule has 2 aliphatic carbocycles. The fourth-order valence-electron chi connectivity index (χ4n) is 1.71. The molecule has 0 aromatic rings. The molecular formula is C13H18Zr. The summed E-state index contributed by atoms with van der Waals surface area (Å²) >= 11 is -0.385. The Hall–Kier alpha value is -0.157. The third-order valence-electron chi connectivity index (χ3n) is 2.63. The SMILES string of the molecule is C.CC1=[C]([Zr][C]2=C(C)C=CC2)CC=C1. The van der Waals surface area contributed by atoms with E-state index in [1.165, 1.54) is 12.8 Å². The summed E-state index contributed by atoms with van der Waals surface area (Å²) in [7, 11) is 0. The van der Waals surface area contributed by atoms with Crippen LogP contribution < -0.4 is 0 Å². The molecule has 0 saturated heterocycles. The van der Waals surface area contributed by atoms with E-state index < -0.39 is 0 Å². The summed E-state index contributed by atoms with van der Waals surface area (Å²) in [5.41, 5.74) is 3.11. The van der Waals surface area contributed by atoms with E-state index in [2.05, 4.69) is 38.2 Å². The van der Waals surface area contributed by atoms with Crippen molar-refractivity contribution in [3.8, 4) is 0 Å². The minimum absolute atomic E-state index is 0. The summed E-state index contributed by atoms with van der Waals surface area (Å²) in [6.45, 7) is 4.52. The summed E-state index contributed by atoms with van der Waals surface area (Å²) in [4.78, 5) is 0. The number of allylic oxidation sites excluding steroid dienone is 8. The van der Waals surface area contributed by atoms with Gasteiger partial charge in [-0.15, -0.1) is 0 Å². The van der Waals surface area contributed by atoms with Crippen LogP contribution in [0.2, 0.25) is 0 Å². The van der Waals surface area contributed by atoms with Crippen molar-refractivity contribution < 1.29 is 23.2 Å². The summed E-state index contributed by atoms with van der Waals surface area (Å²) < 4.78 is 3.56. The fourth-order valence-corrected chi connectivity index (χ4v) is 5.07. The molecule has 14 heavy (non-hydrogen) atoms. The van der Waals surface area contributed by atoms with Gasteiger partial charge in [0.05, 0.1) is 0 Å². The van der Waals surface area contributed by atoms with E-state index in [9.17, 15) is 0 Å². The van der Waals surface area contributed by atoms with Gasteiger partial charge in [0.25, 0.3) is 0 Å². The Morgan fingerprint density at radius 1 is 0.929 bits per heavy atom. The van der Waals surface area contributed by atoms with Gasteiger partial charge < -0.3 is 0 Å². The van der Waals surface area contributed by atoms with Crippen molar-refractivity contribution in [3.63, 3.8) is 0 Å². The molecule has 2 aliphatic rings. The maximum absolute atomic E-state index is 2.31. The molecule has 0 unspecified atom stereocenters. The van der Waals surface area contributed by atoms with Gasteiger partial charge in [-0.3, -0.25) is 0 Å². The zero-order valence-electron chi connectivity index (χ0n) is 8.22. The van der Waals surface area contributed by atoms with Crippen LogP contribution in [0, 0.1) is 0 Å². The molecule has 0 N–H and O–H groups in total. The molecule has 0 nitrogen and oxygen atoms in total. The molecule has 0 heterocycles. The predicted molar refractivity (Wildman–Crippen MR) is 59.6 cm³/mol. The second-order valence-electron chi connectivity index (χ2n) is 3.66. The minimum atomic E-state index is -0.385. The van der Waals surface area contributed by atoms with E-state index in [4.69, 9.17) is 0 Å². The van der Waals surface area contributed by atoms with E-state index in [0.717, 1.165) is 0 Å². The van der Waals surface area contributed by atoms with Crippen molar-refractivity contribution in [1.29, 1.82) is 0 Å². The second-order valence-corrected chi connectivity index (χ2v) is 7.24. The average Bonchev–Trinajstić information content (AvgIpc) is 2.65. The Kier molecular flexibility index (Phi) is 4.32. The molecule has 0 aliphatic heterocycles. The van der Waals surface area contributed by atoms with Crippen molar-refractivity contribution in [3.05, 3.63) is 42.0 Å². The molecule has 0 aromatic heterocycles. The van der Waals surface area contributed by atoms with Crippen molar-refractivity contribution in [2.24, 2.45) is 0 Å². The Balaban J connectivity index is 0.000000980. The molecule has 74 valence electrons. The fraction of sp³-hybridized carbons (Fsp3) is 0.385. The van der Waals surface area contributed by atoms with Crippen molar-refractivity contribution in [2.75, 3.05) is 0 Å². The van der Waals surface area contributed by atoms with E-state index in [0.29, 0.717) is 0 Å². The third kappa shape index (κ3) is 2.45. The molecule has 0 atom stereocenters. The monoisotopic (exact) mass is 264 g/mol. The van der Waals surface area contributed by atoms with Crippen molar-refractivity contribution in [1.82, 2.24) is 0 Å². The van der Waals surface area contributed by atoms with Gasteiger partial charge in [0.15, 0.2) is 0 Å². The van der Waals surface area contributed by atoms with Crippen LogP contribution in [0.4, 0.5) is 0 Å². The molecule has 0 fully saturated rings. The van der Waals surface area contributed by atoms with Crippen LogP contribution in [0.5, 0.6) is 0 Å². The molecule has 1 heteroatoms. The van der Waals surface area contributed by atoms with Gasteiger partial charge in [0, 0.05) is 0 Å². The maximum atomic E-state index is 2.31. The van der Waals surface area contributed by atoms with Gasteiger partial charge >= 0.3 is 91.9 Å². The molecule has 0 aromatic carbocycles. The van der Waals surface area contributed by atoms with Crippen LogP contribution in [-0.4, -0.2) is 0 Å². The van der Waals surface area contributed by atoms with Crippen LogP contribution in [0.3, 0.4) is 0 Å². The third-order valence-corrected chi connectivity index (χ3v) is 7.06. The van der Waals surface area contributed by atoms with Crippen molar-refractivity contribution >= 4 is 0 Å². The van der Waals surface area contributed by atoms with Crippen molar-refractivity contribution in [2.45, 2.75) is 34.1 Å². The van der Waals surface area contributed by atoms with Gasteiger partial charge in [-0.05, 0) is 0 Å². The van der Waals surface area contributed by atoms with Gasteiger partial charge in [-0.25, -0.2) is 0 Å². The zero-order chi connectivity index (χ0) is 9.26. The summed E-state index contributed by atoms with van der Waals surface area (Å²) in [5.74, 6) is 0. The Labute approximate surface area is 99.0 Å². The van der Waals surface area contributed by atoms with E-state index in [-0.39, 0.29) is 30.7 Å². The number of rotatable bonds is 2. The Bertz CT molecular complexity index is 306. The van der Waals surface area contributed by atoms with E-state index in [1.54, 1.807) is 17.7 Å². The molecular weight excluding hydrogens is 247 g/mol. The zero-order valence-corrected chi connectivity index (χ0v) is 10.7. The average molecular weight is 266 g/mol. The molecule has 0 radical (unpaired) electrons. The topological polar surface area (TPSA) is 0 Å². The normalized spacial score (nSPS) is 19.3. The van der Waals surface area contributed by atoms with Crippen LogP contribution in [0.1, 0.15) is 34.1 Å². The molecule has 0 saturated carbocycles. The van der Waals surface area contributed by atoms with E-state index >= 15 is 0 Å². The Morgan fingerprint density at radius 2 is 1.36 bits per heavy atom. The Morgan fingerprint density at radius 3 is 1.64 bits per heavy atom. The molecule has 0 amide bonds. The number of hydrogen-bond acceptors (Lipinski definition) is 0. The molecule has 2 rings (SSSR count). The summed E-state index contributed by atoms with van der Waals surface area (Å²) in [6.07, 6.45) is 11.7. The quantitative estimate of drug-likeness (QED) is 0.703. The van der Waals surface area contributed by atoms with Gasteiger partial charge in [-0.2, -0.15) is 0 Å². The van der Waals surface area contributed by atoms with E-state index in [1.807, 2.05) is 0 Å². The van der Waals surface area contributed by atoms with Crippen LogP contribution in [-0.2, 0) is 23.2 Å². The first-order chi connectivity index (χ1) is 6.27. The van der Waals surface area contributed by atoms with Gasteiger partial charge in [0.1, 0.15) is 0 Å². The number of hydrogen-bond donors (Lipinski definition) is 0. The predicted octanol–water partition coefficient (Wildman–Crippen LogP) is 4.17. The van der Waals surface area contributed by atoms with Gasteiger partial charge in [0.2, 0.25) is 0 Å².